The van der Waals surface area contributed by atoms with E-state index in [-0.39, 0.29) is 18.4 Å². The Balaban J connectivity index is 1.85. The van der Waals surface area contributed by atoms with Crippen LogP contribution in [0.2, 0.25) is 0 Å². The molecular weight excluding hydrogens is 422 g/mol. The maximum atomic E-state index is 13.6. The number of imide groups is 1. The van der Waals surface area contributed by atoms with E-state index >= 15 is 0 Å². The van der Waals surface area contributed by atoms with Gasteiger partial charge in [-0.3, -0.25) is 14.5 Å². The minimum absolute atomic E-state index is 0.197. The van der Waals surface area contributed by atoms with Gasteiger partial charge in [0, 0.05) is 48.4 Å². The highest BCUT2D eigenvalue weighted by molar-refractivity contribution is 6.11. The van der Waals surface area contributed by atoms with Crippen molar-refractivity contribution in [3.05, 3.63) is 58.9 Å². The van der Waals surface area contributed by atoms with Crippen LogP contribution >= 0.6 is 0 Å². The second kappa shape index (κ2) is 7.58. The van der Waals surface area contributed by atoms with Gasteiger partial charge < -0.3 is 24.1 Å². The Morgan fingerprint density at radius 2 is 1.79 bits per heavy atom. The Morgan fingerprint density at radius 3 is 2.45 bits per heavy atom. The van der Waals surface area contributed by atoms with Crippen LogP contribution in [-0.2, 0) is 16.6 Å². The predicted molar refractivity (Wildman–Crippen MR) is 124 cm³/mol. The molecule has 0 unspecified atom stereocenters. The first-order valence-corrected chi connectivity index (χ1v) is 10.6. The van der Waals surface area contributed by atoms with Crippen molar-refractivity contribution in [3.63, 3.8) is 0 Å². The number of rotatable bonds is 4. The zero-order chi connectivity index (χ0) is 23.4. The van der Waals surface area contributed by atoms with Gasteiger partial charge in [-0.2, -0.15) is 0 Å². The van der Waals surface area contributed by atoms with Crippen LogP contribution in [0.25, 0.3) is 10.9 Å². The molecule has 2 amide bonds. The van der Waals surface area contributed by atoms with E-state index in [1.807, 2.05) is 48.1 Å². The molecule has 0 fully saturated rings. The molecule has 0 spiro atoms. The van der Waals surface area contributed by atoms with Crippen LogP contribution in [0.3, 0.4) is 0 Å². The average molecular weight is 447 g/mol. The highest BCUT2D eigenvalue weighted by atomic mass is 16.5. The summed E-state index contributed by atoms with van der Waals surface area (Å²) in [7, 11) is 6.67. The van der Waals surface area contributed by atoms with Crippen molar-refractivity contribution < 1.29 is 23.8 Å². The van der Waals surface area contributed by atoms with Crippen LogP contribution in [0.1, 0.15) is 24.0 Å². The number of carbonyl (C=O) groups is 2. The number of carbonyl (C=O) groups excluding carboxylic acids is 2. The molecule has 2 aromatic carbocycles. The molecule has 33 heavy (non-hydrogen) atoms. The van der Waals surface area contributed by atoms with Crippen molar-refractivity contribution in [2.75, 3.05) is 33.2 Å². The molecule has 5 rings (SSSR count). The van der Waals surface area contributed by atoms with Crippen LogP contribution in [-0.4, -0.2) is 49.2 Å². The van der Waals surface area contributed by atoms with Crippen molar-refractivity contribution in [1.82, 2.24) is 9.47 Å². The summed E-state index contributed by atoms with van der Waals surface area (Å²) in [6.45, 7) is 1.60. The lowest BCUT2D eigenvalue weighted by Crippen LogP contribution is -2.33. The van der Waals surface area contributed by atoms with Crippen LogP contribution < -0.4 is 19.5 Å². The van der Waals surface area contributed by atoms with E-state index in [1.54, 1.807) is 21.3 Å². The monoisotopic (exact) mass is 447 g/mol. The molecule has 170 valence electrons. The van der Waals surface area contributed by atoms with Gasteiger partial charge in [0.25, 0.3) is 5.91 Å². The van der Waals surface area contributed by atoms with Crippen LogP contribution in [0.5, 0.6) is 17.2 Å². The Labute approximate surface area is 191 Å². The van der Waals surface area contributed by atoms with Crippen molar-refractivity contribution >= 4 is 28.4 Å². The quantitative estimate of drug-likeness (QED) is 0.660. The van der Waals surface area contributed by atoms with E-state index in [0.29, 0.717) is 28.5 Å². The lowest BCUT2D eigenvalue weighted by atomic mass is 9.83. The van der Waals surface area contributed by atoms with Gasteiger partial charge in [-0.05, 0) is 23.8 Å². The Bertz CT molecular complexity index is 1350. The molecule has 2 aliphatic heterocycles. The molecule has 3 aromatic rings. The maximum Gasteiger partial charge on any atom is 0.259 e. The lowest BCUT2D eigenvalue weighted by Gasteiger charge is -2.23. The summed E-state index contributed by atoms with van der Waals surface area (Å²) < 4.78 is 18.9. The fourth-order valence-corrected chi connectivity index (χ4v) is 5.04. The van der Waals surface area contributed by atoms with E-state index in [2.05, 4.69) is 5.32 Å². The zero-order valence-electron chi connectivity index (χ0n) is 19.2. The van der Waals surface area contributed by atoms with E-state index in [9.17, 15) is 9.59 Å². The molecular formula is C25H25N3O5. The average Bonchev–Trinajstić information content (AvgIpc) is 3.27. The minimum atomic E-state index is -0.480. The van der Waals surface area contributed by atoms with Crippen LogP contribution in [0.15, 0.2) is 47.8 Å². The van der Waals surface area contributed by atoms with E-state index < -0.39 is 5.92 Å². The number of aromatic nitrogens is 1. The second-order valence-electron chi connectivity index (χ2n) is 8.18. The third-order valence-electron chi connectivity index (χ3n) is 6.47. The van der Waals surface area contributed by atoms with Crippen LogP contribution in [0, 0.1) is 0 Å². The van der Waals surface area contributed by atoms with Gasteiger partial charge in [0.1, 0.15) is 0 Å². The molecule has 1 N–H and O–H groups in total. The number of aryl methyl sites for hydroxylation is 1. The summed E-state index contributed by atoms with van der Waals surface area (Å²) in [6, 6.07) is 9.72. The molecule has 0 aliphatic carbocycles. The lowest BCUT2D eigenvalue weighted by molar-refractivity contribution is -0.139. The summed E-state index contributed by atoms with van der Waals surface area (Å²) in [6.07, 6.45) is 2.04. The number of hydrogen-bond acceptors (Lipinski definition) is 6. The topological polar surface area (TPSA) is 82.0 Å². The third kappa shape index (κ3) is 2.90. The largest absolute Gasteiger partial charge is 0.493 e. The summed E-state index contributed by atoms with van der Waals surface area (Å²) in [5.74, 6) is 0.383. The molecule has 0 saturated carbocycles. The number of nitrogens with zero attached hydrogens (tertiary/aromatic N) is 2. The highest BCUT2D eigenvalue weighted by Crippen LogP contribution is 2.51. The molecule has 2 aliphatic rings. The van der Waals surface area contributed by atoms with Gasteiger partial charge in [0.15, 0.2) is 11.5 Å². The van der Waals surface area contributed by atoms with Gasteiger partial charge in [0.05, 0.1) is 39.0 Å². The van der Waals surface area contributed by atoms with Gasteiger partial charge in [-0.25, -0.2) is 0 Å². The normalized spacial score (nSPS) is 17.1. The first-order valence-electron chi connectivity index (χ1n) is 10.6. The molecule has 8 heteroatoms. The number of methoxy groups -OCH3 is 3. The molecule has 3 heterocycles. The predicted octanol–water partition coefficient (Wildman–Crippen LogP) is 3.40. The summed E-state index contributed by atoms with van der Waals surface area (Å²) >= 11 is 0. The molecule has 1 aromatic heterocycles. The van der Waals surface area contributed by atoms with E-state index in [0.717, 1.165) is 27.7 Å². The molecule has 1 atom stereocenters. The number of hydrogen-bond donors (Lipinski definition) is 1. The number of ether oxygens (including phenoxy) is 3. The number of amides is 2. The van der Waals surface area contributed by atoms with Gasteiger partial charge in [-0.1, -0.05) is 12.1 Å². The number of nitrogens with one attached hydrogen (secondary N) is 1. The fourth-order valence-electron chi connectivity index (χ4n) is 5.04. The molecule has 0 radical (unpaired) electrons. The summed E-state index contributed by atoms with van der Waals surface area (Å²) in [4.78, 5) is 27.1. The Kier molecular flexibility index (Phi) is 4.81. The van der Waals surface area contributed by atoms with Crippen LogP contribution in [0.4, 0.5) is 5.69 Å². The standard InChI is InChI=1S/C25H25N3O5/c1-13(29)28-12-17-22(25(28)30)20(14-9-10-19(31-3)24(33-5)23(14)32-4)15-11-27(2)18-8-6-7-16(26-17)21(15)18/h6-11,20,26H,12H2,1-5H3/t20-/m0/s1. The van der Waals surface area contributed by atoms with E-state index in [1.165, 1.54) is 11.8 Å². The van der Waals surface area contributed by atoms with Crippen molar-refractivity contribution in [1.29, 1.82) is 0 Å². The van der Waals surface area contributed by atoms with Crippen molar-refractivity contribution in [3.8, 4) is 17.2 Å². The van der Waals surface area contributed by atoms with Crippen molar-refractivity contribution in [2.24, 2.45) is 7.05 Å². The maximum absolute atomic E-state index is 13.6. The highest BCUT2D eigenvalue weighted by Gasteiger charge is 2.43. The van der Waals surface area contributed by atoms with E-state index in [4.69, 9.17) is 14.2 Å². The third-order valence-corrected chi connectivity index (χ3v) is 6.47. The summed E-state index contributed by atoms with van der Waals surface area (Å²) in [5, 5.41) is 4.48. The SMILES string of the molecule is COc1ccc([C@@H]2C3=C(CN(C(C)=O)C3=O)Nc3cccc4c3c2cn4C)c(OC)c1OC. The molecule has 0 saturated heterocycles. The van der Waals surface area contributed by atoms with Crippen molar-refractivity contribution in [2.45, 2.75) is 12.8 Å². The minimum Gasteiger partial charge on any atom is -0.493 e. The second-order valence-corrected chi connectivity index (χ2v) is 8.18. The van der Waals surface area contributed by atoms with Gasteiger partial charge in [0.2, 0.25) is 11.7 Å². The summed E-state index contributed by atoms with van der Waals surface area (Å²) in [5.41, 5.74) is 4.88. The first kappa shape index (κ1) is 20.9. The molecule has 8 nitrogen and oxygen atoms in total. The Morgan fingerprint density at radius 1 is 1.03 bits per heavy atom. The fraction of sp³-hybridized carbons (Fsp3) is 0.280. The smallest absolute Gasteiger partial charge is 0.259 e. The van der Waals surface area contributed by atoms with Gasteiger partial charge >= 0.3 is 0 Å². The number of anilines is 1. The van der Waals surface area contributed by atoms with Gasteiger partial charge in [-0.15, -0.1) is 0 Å². The zero-order valence-corrected chi connectivity index (χ0v) is 19.2. The Hall–Kier alpha value is -3.94. The first-order chi connectivity index (χ1) is 15.9. The molecule has 0 bridgehead atoms. The number of benzene rings is 2.